The van der Waals surface area contributed by atoms with Crippen molar-refractivity contribution in [3.8, 4) is 0 Å². The molecule has 0 spiro atoms. The van der Waals surface area contributed by atoms with Gasteiger partial charge in [0.1, 0.15) is 5.82 Å². The molecule has 1 aromatic rings. The maximum Gasteiger partial charge on any atom is 0.141 e. The number of pyridine rings is 1. The fraction of sp³-hybridized carbons (Fsp3) is 0.688. The highest BCUT2D eigenvalue weighted by atomic mass is 19.1. The van der Waals surface area contributed by atoms with Crippen molar-refractivity contribution in [2.75, 3.05) is 20.1 Å². The van der Waals surface area contributed by atoms with E-state index in [0.29, 0.717) is 6.04 Å². The molecule has 0 bridgehead atoms. The second-order valence-electron chi connectivity index (χ2n) is 5.42. The Balaban J connectivity index is 2.57. The van der Waals surface area contributed by atoms with E-state index >= 15 is 0 Å². The van der Waals surface area contributed by atoms with Gasteiger partial charge in [-0.15, -0.1) is 0 Å². The lowest BCUT2D eigenvalue weighted by atomic mass is 10.1. The largest absolute Gasteiger partial charge is 0.309 e. The summed E-state index contributed by atoms with van der Waals surface area (Å²) in [6.07, 6.45) is 4.71. The molecule has 0 aliphatic rings. The lowest BCUT2D eigenvalue weighted by Crippen LogP contribution is -2.33. The van der Waals surface area contributed by atoms with Gasteiger partial charge in [0.2, 0.25) is 0 Å². The van der Waals surface area contributed by atoms with Gasteiger partial charge in [0, 0.05) is 6.04 Å². The first-order chi connectivity index (χ1) is 9.58. The minimum absolute atomic E-state index is 0.192. The highest BCUT2D eigenvalue weighted by Gasteiger charge is 2.15. The van der Waals surface area contributed by atoms with Gasteiger partial charge in [-0.05, 0) is 52.0 Å². The molecule has 2 unspecified atom stereocenters. The van der Waals surface area contributed by atoms with Crippen LogP contribution in [0.4, 0.5) is 4.39 Å². The third kappa shape index (κ3) is 5.55. The first-order valence-electron chi connectivity index (χ1n) is 7.63. The molecule has 1 N–H and O–H groups in total. The van der Waals surface area contributed by atoms with Gasteiger partial charge >= 0.3 is 0 Å². The van der Waals surface area contributed by atoms with Crippen LogP contribution in [0.1, 0.15) is 51.8 Å². The summed E-state index contributed by atoms with van der Waals surface area (Å²) in [6.45, 7) is 8.46. The van der Waals surface area contributed by atoms with Gasteiger partial charge in [-0.25, -0.2) is 4.39 Å². The van der Waals surface area contributed by atoms with Crippen LogP contribution in [0.25, 0.3) is 0 Å². The smallest absolute Gasteiger partial charge is 0.141 e. The second kappa shape index (κ2) is 9.03. The van der Waals surface area contributed by atoms with E-state index in [2.05, 4.69) is 43.0 Å². The highest BCUT2D eigenvalue weighted by molar-refractivity contribution is 5.10. The zero-order chi connectivity index (χ0) is 15.0. The number of hydrogen-bond acceptors (Lipinski definition) is 3. The molecule has 4 heteroatoms. The standard InChI is InChI=1S/C16H28FN3/c1-5-7-13(3)20(4)11-10-16(18-6-2)15-9-8-14(17)12-19-15/h8-9,12-13,16,18H,5-7,10-11H2,1-4H3. The van der Waals surface area contributed by atoms with Crippen molar-refractivity contribution in [3.63, 3.8) is 0 Å². The molecule has 0 saturated carbocycles. The Morgan fingerprint density at radius 3 is 2.60 bits per heavy atom. The van der Waals surface area contributed by atoms with Crippen LogP contribution in [0.15, 0.2) is 18.3 Å². The second-order valence-corrected chi connectivity index (χ2v) is 5.42. The molecule has 114 valence electrons. The molecule has 0 amide bonds. The molecular formula is C16H28FN3. The molecule has 0 saturated heterocycles. The van der Waals surface area contributed by atoms with Crippen molar-refractivity contribution < 1.29 is 4.39 Å². The van der Waals surface area contributed by atoms with Crippen molar-refractivity contribution in [1.29, 1.82) is 0 Å². The summed E-state index contributed by atoms with van der Waals surface area (Å²) in [5.41, 5.74) is 0.921. The monoisotopic (exact) mass is 281 g/mol. The van der Waals surface area contributed by atoms with Crippen LogP contribution in [0, 0.1) is 5.82 Å². The van der Waals surface area contributed by atoms with E-state index < -0.39 is 0 Å². The molecule has 1 aromatic heterocycles. The van der Waals surface area contributed by atoms with Crippen LogP contribution < -0.4 is 5.32 Å². The summed E-state index contributed by atoms with van der Waals surface area (Å²) in [5.74, 6) is -0.280. The summed E-state index contributed by atoms with van der Waals surface area (Å²) in [7, 11) is 2.17. The minimum atomic E-state index is -0.280. The van der Waals surface area contributed by atoms with E-state index in [1.165, 1.54) is 25.1 Å². The van der Waals surface area contributed by atoms with Gasteiger partial charge in [0.05, 0.1) is 17.9 Å². The van der Waals surface area contributed by atoms with Crippen molar-refractivity contribution in [2.24, 2.45) is 0 Å². The van der Waals surface area contributed by atoms with Crippen molar-refractivity contribution in [2.45, 2.75) is 52.1 Å². The Labute approximate surface area is 122 Å². The van der Waals surface area contributed by atoms with Gasteiger partial charge in [-0.3, -0.25) is 4.98 Å². The van der Waals surface area contributed by atoms with Crippen molar-refractivity contribution in [1.82, 2.24) is 15.2 Å². The molecule has 0 aromatic carbocycles. The van der Waals surface area contributed by atoms with Crippen LogP contribution in [-0.4, -0.2) is 36.1 Å². The maximum absolute atomic E-state index is 12.9. The minimum Gasteiger partial charge on any atom is -0.309 e. The molecule has 0 radical (unpaired) electrons. The lowest BCUT2D eigenvalue weighted by Gasteiger charge is -2.27. The van der Waals surface area contributed by atoms with Gasteiger partial charge < -0.3 is 10.2 Å². The first kappa shape index (κ1) is 17.1. The van der Waals surface area contributed by atoms with Gasteiger partial charge in [0.15, 0.2) is 0 Å². The SMILES string of the molecule is CCCC(C)N(C)CCC(NCC)c1ccc(F)cn1. The third-order valence-corrected chi connectivity index (χ3v) is 3.79. The van der Waals surface area contributed by atoms with Crippen LogP contribution in [0.5, 0.6) is 0 Å². The predicted molar refractivity (Wildman–Crippen MR) is 82.2 cm³/mol. The molecular weight excluding hydrogens is 253 g/mol. The van der Waals surface area contributed by atoms with Crippen molar-refractivity contribution in [3.05, 3.63) is 29.8 Å². The number of rotatable bonds is 9. The maximum atomic E-state index is 12.9. The first-order valence-corrected chi connectivity index (χ1v) is 7.63. The van der Waals surface area contributed by atoms with E-state index in [0.717, 1.165) is 25.2 Å². The normalized spacial score (nSPS) is 14.5. The van der Waals surface area contributed by atoms with Gasteiger partial charge in [-0.1, -0.05) is 20.3 Å². The zero-order valence-corrected chi connectivity index (χ0v) is 13.2. The van der Waals surface area contributed by atoms with Gasteiger partial charge in [0.25, 0.3) is 0 Å². The molecule has 0 fully saturated rings. The number of aromatic nitrogens is 1. The van der Waals surface area contributed by atoms with E-state index in [4.69, 9.17) is 0 Å². The Morgan fingerprint density at radius 2 is 2.05 bits per heavy atom. The van der Waals surface area contributed by atoms with E-state index in [1.807, 2.05) is 0 Å². The summed E-state index contributed by atoms with van der Waals surface area (Å²) in [4.78, 5) is 6.59. The summed E-state index contributed by atoms with van der Waals surface area (Å²) < 4.78 is 12.9. The molecule has 0 aliphatic heterocycles. The summed E-state index contributed by atoms with van der Waals surface area (Å²) in [5, 5.41) is 3.43. The Morgan fingerprint density at radius 1 is 1.30 bits per heavy atom. The predicted octanol–water partition coefficient (Wildman–Crippen LogP) is 3.38. The highest BCUT2D eigenvalue weighted by Crippen LogP contribution is 2.16. The summed E-state index contributed by atoms with van der Waals surface area (Å²) in [6, 6.07) is 4.05. The van der Waals surface area contributed by atoms with E-state index in [-0.39, 0.29) is 11.9 Å². The fourth-order valence-corrected chi connectivity index (χ4v) is 2.39. The van der Waals surface area contributed by atoms with E-state index in [1.54, 1.807) is 6.07 Å². The molecule has 3 nitrogen and oxygen atoms in total. The molecule has 1 rings (SSSR count). The quantitative estimate of drug-likeness (QED) is 0.752. The number of nitrogens with one attached hydrogen (secondary N) is 1. The van der Waals surface area contributed by atoms with Crippen LogP contribution >= 0.6 is 0 Å². The van der Waals surface area contributed by atoms with Gasteiger partial charge in [-0.2, -0.15) is 0 Å². The Bertz CT molecular complexity index is 366. The summed E-state index contributed by atoms with van der Waals surface area (Å²) >= 11 is 0. The zero-order valence-electron chi connectivity index (χ0n) is 13.2. The van der Waals surface area contributed by atoms with E-state index in [9.17, 15) is 4.39 Å². The number of nitrogens with zero attached hydrogens (tertiary/aromatic N) is 2. The van der Waals surface area contributed by atoms with Crippen LogP contribution in [0.3, 0.4) is 0 Å². The number of halogens is 1. The van der Waals surface area contributed by atoms with Crippen LogP contribution in [0.2, 0.25) is 0 Å². The molecule has 0 aliphatic carbocycles. The average Bonchev–Trinajstić information content (AvgIpc) is 2.44. The lowest BCUT2D eigenvalue weighted by molar-refractivity contribution is 0.231. The fourth-order valence-electron chi connectivity index (χ4n) is 2.39. The molecule has 1 heterocycles. The van der Waals surface area contributed by atoms with Crippen LogP contribution in [-0.2, 0) is 0 Å². The average molecular weight is 281 g/mol. The Hall–Kier alpha value is -1.00. The Kier molecular flexibility index (Phi) is 7.70. The molecule has 2 atom stereocenters. The molecule has 20 heavy (non-hydrogen) atoms. The topological polar surface area (TPSA) is 28.2 Å². The third-order valence-electron chi connectivity index (χ3n) is 3.79. The number of hydrogen-bond donors (Lipinski definition) is 1. The van der Waals surface area contributed by atoms with Crippen molar-refractivity contribution >= 4 is 0 Å².